The number of rotatable bonds is 4. The third-order valence-electron chi connectivity index (χ3n) is 3.42. The average Bonchev–Trinajstić information content (AvgIpc) is 3.09. The summed E-state index contributed by atoms with van der Waals surface area (Å²) >= 11 is 1.59. The first-order valence-corrected chi connectivity index (χ1v) is 7.10. The lowest BCUT2D eigenvalue weighted by Gasteiger charge is -1.99. The number of carbonyl (C=O) groups excluding carboxylic acids is 1. The fourth-order valence-corrected chi connectivity index (χ4v) is 3.17. The highest BCUT2D eigenvalue weighted by atomic mass is 32.1. The molecule has 2 unspecified atom stereocenters. The van der Waals surface area contributed by atoms with Gasteiger partial charge in [0, 0.05) is 17.0 Å². The van der Waals surface area contributed by atoms with Crippen LogP contribution in [-0.2, 0) is 11.2 Å². The summed E-state index contributed by atoms with van der Waals surface area (Å²) in [5, 5.41) is 2.96. The summed E-state index contributed by atoms with van der Waals surface area (Å²) in [6.45, 7) is 1.97. The molecule has 92 valence electrons. The zero-order chi connectivity index (χ0) is 12.5. The molecule has 1 aromatic carbocycles. The van der Waals surface area contributed by atoms with E-state index in [-0.39, 0.29) is 5.92 Å². The van der Waals surface area contributed by atoms with Crippen LogP contribution < -0.4 is 0 Å². The van der Waals surface area contributed by atoms with Crippen LogP contribution in [0.15, 0.2) is 35.7 Å². The van der Waals surface area contributed by atoms with E-state index in [0.29, 0.717) is 18.1 Å². The van der Waals surface area contributed by atoms with Crippen LogP contribution in [0.1, 0.15) is 28.6 Å². The van der Waals surface area contributed by atoms with Crippen LogP contribution in [0.5, 0.6) is 0 Å². The van der Waals surface area contributed by atoms with Crippen LogP contribution in [0.25, 0.3) is 0 Å². The summed E-state index contributed by atoms with van der Waals surface area (Å²) in [5.41, 5.74) is 2.31. The first kappa shape index (κ1) is 11.6. The van der Waals surface area contributed by atoms with Crippen LogP contribution in [0.2, 0.25) is 0 Å². The van der Waals surface area contributed by atoms with E-state index in [2.05, 4.69) is 17.1 Å². The highest BCUT2D eigenvalue weighted by molar-refractivity contribution is 7.09. The molecule has 0 radical (unpaired) electrons. The fourth-order valence-electron chi connectivity index (χ4n) is 2.38. The van der Waals surface area contributed by atoms with Crippen LogP contribution in [0, 0.1) is 12.8 Å². The highest BCUT2D eigenvalue weighted by Gasteiger charge is 2.43. The molecule has 1 heterocycles. The number of thiazole rings is 1. The lowest BCUT2D eigenvalue weighted by molar-refractivity contribution is -0.119. The molecule has 3 heteroatoms. The Labute approximate surface area is 111 Å². The zero-order valence-corrected chi connectivity index (χ0v) is 11.1. The SMILES string of the molecule is Cc1csc(CC(=O)C2CC2c2ccccc2)n1. The molecule has 1 aromatic heterocycles. The van der Waals surface area contributed by atoms with Crippen LogP contribution in [0.3, 0.4) is 0 Å². The molecule has 1 fully saturated rings. The Hall–Kier alpha value is -1.48. The Morgan fingerprint density at radius 3 is 2.83 bits per heavy atom. The summed E-state index contributed by atoms with van der Waals surface area (Å²) in [6.07, 6.45) is 1.51. The fraction of sp³-hybridized carbons (Fsp3) is 0.333. The highest BCUT2D eigenvalue weighted by Crippen LogP contribution is 2.48. The van der Waals surface area contributed by atoms with E-state index < -0.39 is 0 Å². The van der Waals surface area contributed by atoms with Crippen molar-refractivity contribution in [3.63, 3.8) is 0 Å². The van der Waals surface area contributed by atoms with Gasteiger partial charge in [0.05, 0.1) is 6.42 Å². The second kappa shape index (κ2) is 4.65. The van der Waals surface area contributed by atoms with Gasteiger partial charge in [-0.25, -0.2) is 4.98 Å². The normalized spacial score (nSPS) is 21.8. The molecule has 0 amide bonds. The smallest absolute Gasteiger partial charge is 0.143 e. The Kier molecular flexibility index (Phi) is 3.00. The van der Waals surface area contributed by atoms with Gasteiger partial charge in [-0.15, -0.1) is 11.3 Å². The molecule has 2 nitrogen and oxygen atoms in total. The average molecular weight is 257 g/mol. The molecule has 2 atom stereocenters. The Balaban J connectivity index is 1.63. The molecule has 0 N–H and O–H groups in total. The number of benzene rings is 1. The van der Waals surface area contributed by atoms with Gasteiger partial charge in [-0.05, 0) is 24.8 Å². The second-order valence-electron chi connectivity index (χ2n) is 4.89. The Morgan fingerprint density at radius 1 is 1.39 bits per heavy atom. The van der Waals surface area contributed by atoms with E-state index in [1.807, 2.05) is 30.5 Å². The van der Waals surface area contributed by atoms with Crippen LogP contribution >= 0.6 is 11.3 Å². The molecule has 0 saturated heterocycles. The number of nitrogens with zero attached hydrogens (tertiary/aromatic N) is 1. The molecule has 1 aliphatic carbocycles. The number of aryl methyl sites for hydroxylation is 1. The van der Waals surface area contributed by atoms with E-state index in [0.717, 1.165) is 17.1 Å². The monoisotopic (exact) mass is 257 g/mol. The number of hydrogen-bond donors (Lipinski definition) is 0. The van der Waals surface area contributed by atoms with Crippen molar-refractivity contribution in [3.05, 3.63) is 52.0 Å². The van der Waals surface area contributed by atoms with Crippen LogP contribution in [-0.4, -0.2) is 10.8 Å². The minimum absolute atomic E-state index is 0.219. The summed E-state index contributed by atoms with van der Waals surface area (Å²) in [5.74, 6) is 1.01. The molecule has 1 aliphatic rings. The molecule has 2 aromatic rings. The maximum atomic E-state index is 12.1. The first-order valence-electron chi connectivity index (χ1n) is 6.22. The molecule has 3 rings (SSSR count). The first-order chi connectivity index (χ1) is 8.74. The number of ketones is 1. The largest absolute Gasteiger partial charge is 0.299 e. The standard InChI is InChI=1S/C15H15NOS/c1-10-9-18-15(16-10)8-14(17)13-7-12(13)11-5-3-2-4-6-11/h2-6,9,12-13H,7-8H2,1H3. The van der Waals surface area contributed by atoms with Gasteiger partial charge >= 0.3 is 0 Å². The van der Waals surface area contributed by atoms with Gasteiger partial charge in [-0.3, -0.25) is 4.79 Å². The third-order valence-corrected chi connectivity index (χ3v) is 4.39. The molecule has 0 bridgehead atoms. The van der Waals surface area contributed by atoms with Gasteiger partial charge in [0.25, 0.3) is 0 Å². The maximum absolute atomic E-state index is 12.1. The lowest BCUT2D eigenvalue weighted by Crippen LogP contribution is -2.06. The van der Waals surface area contributed by atoms with Gasteiger partial charge in [0.15, 0.2) is 0 Å². The predicted octanol–water partition coefficient (Wildman–Crippen LogP) is 3.37. The van der Waals surface area contributed by atoms with Gasteiger partial charge < -0.3 is 0 Å². The third kappa shape index (κ3) is 2.36. The van der Waals surface area contributed by atoms with E-state index in [1.165, 1.54) is 5.56 Å². The quantitative estimate of drug-likeness (QED) is 0.840. The molecular formula is C15H15NOS. The Bertz CT molecular complexity index is 561. The van der Waals surface area contributed by atoms with Gasteiger partial charge in [-0.2, -0.15) is 0 Å². The second-order valence-corrected chi connectivity index (χ2v) is 5.83. The van der Waals surface area contributed by atoms with Crippen molar-refractivity contribution >= 4 is 17.1 Å². The van der Waals surface area contributed by atoms with Gasteiger partial charge in [0.1, 0.15) is 10.8 Å². The van der Waals surface area contributed by atoms with Crippen molar-refractivity contribution in [1.29, 1.82) is 0 Å². The van der Waals surface area contributed by atoms with Crippen molar-refractivity contribution in [2.24, 2.45) is 5.92 Å². The summed E-state index contributed by atoms with van der Waals surface area (Å²) < 4.78 is 0. The van der Waals surface area contributed by atoms with Crippen molar-refractivity contribution in [2.75, 3.05) is 0 Å². The summed E-state index contributed by atoms with van der Waals surface area (Å²) in [7, 11) is 0. The van der Waals surface area contributed by atoms with Crippen LogP contribution in [0.4, 0.5) is 0 Å². The predicted molar refractivity (Wildman–Crippen MR) is 72.9 cm³/mol. The van der Waals surface area contributed by atoms with Crippen molar-refractivity contribution in [3.8, 4) is 0 Å². The molecular weight excluding hydrogens is 242 g/mol. The van der Waals surface area contributed by atoms with Crippen molar-refractivity contribution < 1.29 is 4.79 Å². The van der Waals surface area contributed by atoms with Crippen molar-refractivity contribution in [1.82, 2.24) is 4.98 Å². The number of carbonyl (C=O) groups is 1. The molecule has 1 saturated carbocycles. The van der Waals surface area contributed by atoms with E-state index in [9.17, 15) is 4.79 Å². The maximum Gasteiger partial charge on any atom is 0.143 e. The van der Waals surface area contributed by atoms with Gasteiger partial charge in [-0.1, -0.05) is 30.3 Å². The topological polar surface area (TPSA) is 30.0 Å². The number of aromatic nitrogens is 1. The number of hydrogen-bond acceptors (Lipinski definition) is 3. The minimum atomic E-state index is 0.219. The summed E-state index contributed by atoms with van der Waals surface area (Å²) in [6, 6.07) is 10.3. The summed E-state index contributed by atoms with van der Waals surface area (Å²) in [4.78, 5) is 16.5. The molecule has 18 heavy (non-hydrogen) atoms. The van der Waals surface area contributed by atoms with Gasteiger partial charge in [0.2, 0.25) is 0 Å². The lowest BCUT2D eigenvalue weighted by atomic mass is 10.1. The minimum Gasteiger partial charge on any atom is -0.299 e. The molecule has 0 spiro atoms. The van der Waals surface area contributed by atoms with E-state index >= 15 is 0 Å². The zero-order valence-electron chi connectivity index (χ0n) is 10.3. The Morgan fingerprint density at radius 2 is 2.17 bits per heavy atom. The molecule has 0 aliphatic heterocycles. The van der Waals surface area contributed by atoms with E-state index in [4.69, 9.17) is 0 Å². The van der Waals surface area contributed by atoms with Crippen molar-refractivity contribution in [2.45, 2.75) is 25.7 Å². The van der Waals surface area contributed by atoms with E-state index in [1.54, 1.807) is 11.3 Å². The number of Topliss-reactive ketones (excluding diaryl/α,β-unsaturated/α-hetero) is 1.